The fourth-order valence-corrected chi connectivity index (χ4v) is 2.30. The van der Waals surface area contributed by atoms with Crippen molar-refractivity contribution in [1.82, 2.24) is 4.90 Å². The molecule has 0 aliphatic carbocycles. The number of nitrogens with zero attached hydrogens (tertiary/aromatic N) is 4. The van der Waals surface area contributed by atoms with Gasteiger partial charge < -0.3 is 9.47 Å². The lowest BCUT2D eigenvalue weighted by Crippen LogP contribution is -2.26. The molecule has 0 unspecified atom stereocenters. The second-order valence-corrected chi connectivity index (χ2v) is 4.56. The molecule has 0 radical (unpaired) electrons. The summed E-state index contributed by atoms with van der Waals surface area (Å²) >= 11 is 0. The van der Waals surface area contributed by atoms with E-state index in [4.69, 9.17) is 15.0 Å². The van der Waals surface area contributed by atoms with Crippen LogP contribution in [-0.2, 0) is 16.0 Å². The molecule has 0 aromatic heterocycles. The zero-order chi connectivity index (χ0) is 13.5. The summed E-state index contributed by atoms with van der Waals surface area (Å²) < 4.78 is 10.5. The van der Waals surface area contributed by atoms with Gasteiger partial charge in [0.2, 0.25) is 0 Å². The van der Waals surface area contributed by atoms with E-state index in [1.807, 2.05) is 18.2 Å². The maximum atomic E-state index is 8.60. The van der Waals surface area contributed by atoms with Crippen molar-refractivity contribution in [2.24, 2.45) is 5.11 Å². The smallest absolute Gasteiger partial charge is 0.146 e. The lowest BCUT2D eigenvalue weighted by atomic mass is 10.2. The second-order valence-electron chi connectivity index (χ2n) is 4.56. The third-order valence-electron chi connectivity index (χ3n) is 3.16. The van der Waals surface area contributed by atoms with Crippen molar-refractivity contribution in [3.63, 3.8) is 0 Å². The number of hydrogen-bond acceptors (Lipinski definition) is 4. The van der Waals surface area contributed by atoms with Crippen molar-refractivity contribution in [3.05, 3.63) is 46.3 Å². The molecule has 2 atom stereocenters. The molecule has 102 valence electrons. The van der Waals surface area contributed by atoms with E-state index in [0.29, 0.717) is 6.54 Å². The molecule has 1 saturated heterocycles. The van der Waals surface area contributed by atoms with Crippen LogP contribution in [-0.4, -0.2) is 44.0 Å². The van der Waals surface area contributed by atoms with Gasteiger partial charge in [0.25, 0.3) is 0 Å². The van der Waals surface area contributed by atoms with Gasteiger partial charge >= 0.3 is 0 Å². The highest BCUT2D eigenvalue weighted by molar-refractivity contribution is 5.15. The Hall–Kier alpha value is -1.59. The first kappa shape index (κ1) is 13.8. The van der Waals surface area contributed by atoms with Gasteiger partial charge in [0.1, 0.15) is 6.79 Å². The topological polar surface area (TPSA) is 70.5 Å². The normalized spacial score (nSPS) is 23.2. The van der Waals surface area contributed by atoms with E-state index in [-0.39, 0.29) is 18.9 Å². The van der Waals surface area contributed by atoms with Crippen LogP contribution in [0.1, 0.15) is 5.56 Å². The predicted molar refractivity (Wildman–Crippen MR) is 71.4 cm³/mol. The first-order valence-electron chi connectivity index (χ1n) is 6.24. The van der Waals surface area contributed by atoms with E-state index < -0.39 is 0 Å². The predicted octanol–water partition coefficient (Wildman–Crippen LogP) is 2.17. The second kappa shape index (κ2) is 7.11. The van der Waals surface area contributed by atoms with Crippen LogP contribution in [0, 0.1) is 0 Å². The Labute approximate surface area is 112 Å². The molecule has 1 heterocycles. The third-order valence-corrected chi connectivity index (χ3v) is 3.16. The average molecular weight is 262 g/mol. The highest BCUT2D eigenvalue weighted by Crippen LogP contribution is 2.19. The highest BCUT2D eigenvalue weighted by Gasteiger charge is 2.32. The number of rotatable bonds is 6. The largest absolute Gasteiger partial charge is 0.359 e. The number of likely N-dealkylation sites (tertiary alicyclic amines) is 1. The molecule has 0 bridgehead atoms. The quantitative estimate of drug-likeness (QED) is 0.341. The Morgan fingerprint density at radius 2 is 2.16 bits per heavy atom. The lowest BCUT2D eigenvalue weighted by molar-refractivity contribution is -0.0711. The summed E-state index contributed by atoms with van der Waals surface area (Å²) in [6, 6.07) is 10.1. The van der Waals surface area contributed by atoms with Gasteiger partial charge in [0.05, 0.1) is 12.1 Å². The van der Waals surface area contributed by atoms with Crippen molar-refractivity contribution in [1.29, 1.82) is 0 Å². The van der Waals surface area contributed by atoms with Crippen molar-refractivity contribution >= 4 is 0 Å². The monoisotopic (exact) mass is 262 g/mol. The molecule has 1 aliphatic heterocycles. The van der Waals surface area contributed by atoms with Crippen LogP contribution < -0.4 is 0 Å². The minimum absolute atomic E-state index is 0.0976. The van der Waals surface area contributed by atoms with Gasteiger partial charge in [-0.3, -0.25) is 4.90 Å². The third kappa shape index (κ3) is 3.94. The van der Waals surface area contributed by atoms with E-state index in [1.54, 1.807) is 7.11 Å². The molecule has 0 N–H and O–H groups in total. The molecule has 0 saturated carbocycles. The molecule has 1 fully saturated rings. The summed E-state index contributed by atoms with van der Waals surface area (Å²) in [6.07, 6.45) is -0.0976. The number of hydrogen-bond donors (Lipinski definition) is 0. The van der Waals surface area contributed by atoms with Gasteiger partial charge in [-0.2, -0.15) is 0 Å². The van der Waals surface area contributed by atoms with E-state index in [9.17, 15) is 0 Å². The Kier molecular flexibility index (Phi) is 5.18. The molecule has 1 aliphatic rings. The summed E-state index contributed by atoms with van der Waals surface area (Å²) in [5, 5.41) is 3.81. The molecule has 1 aromatic rings. The molecular formula is C13H18N4O2. The van der Waals surface area contributed by atoms with Crippen LogP contribution in [0.25, 0.3) is 10.4 Å². The Balaban J connectivity index is 1.95. The van der Waals surface area contributed by atoms with E-state index in [0.717, 1.165) is 13.1 Å². The van der Waals surface area contributed by atoms with Gasteiger partial charge in [0.15, 0.2) is 0 Å². The van der Waals surface area contributed by atoms with Crippen molar-refractivity contribution < 1.29 is 9.47 Å². The van der Waals surface area contributed by atoms with Crippen molar-refractivity contribution in [2.45, 2.75) is 18.7 Å². The molecule has 6 heteroatoms. The lowest BCUT2D eigenvalue weighted by Gasteiger charge is -2.16. The van der Waals surface area contributed by atoms with Crippen molar-refractivity contribution in [3.8, 4) is 0 Å². The number of ether oxygens (including phenoxy) is 2. The zero-order valence-corrected chi connectivity index (χ0v) is 11.0. The van der Waals surface area contributed by atoms with Crippen LogP contribution in [0.2, 0.25) is 0 Å². The summed E-state index contributed by atoms with van der Waals surface area (Å²) in [4.78, 5) is 5.13. The van der Waals surface area contributed by atoms with Gasteiger partial charge in [-0.05, 0) is 11.1 Å². The molecule has 19 heavy (non-hydrogen) atoms. The fourth-order valence-electron chi connectivity index (χ4n) is 2.30. The maximum absolute atomic E-state index is 8.60. The summed E-state index contributed by atoms with van der Waals surface area (Å²) in [6.45, 7) is 2.53. The Morgan fingerprint density at radius 3 is 2.84 bits per heavy atom. The SMILES string of the molecule is COCO[C@@H]1CN(Cc2ccccc2)C[C@H]1N=[N+]=[N-]. The first-order valence-corrected chi connectivity index (χ1v) is 6.24. The van der Waals surface area contributed by atoms with Gasteiger partial charge in [-0.25, -0.2) is 0 Å². The summed E-state index contributed by atoms with van der Waals surface area (Å²) in [5.41, 5.74) is 9.84. The zero-order valence-electron chi connectivity index (χ0n) is 11.0. The van der Waals surface area contributed by atoms with Gasteiger partial charge in [0, 0.05) is 31.7 Å². The Morgan fingerprint density at radius 1 is 1.37 bits per heavy atom. The number of methoxy groups -OCH3 is 1. The molecule has 0 amide bonds. The van der Waals surface area contributed by atoms with Crippen LogP contribution in [0.3, 0.4) is 0 Å². The summed E-state index contributed by atoms with van der Waals surface area (Å²) in [7, 11) is 1.58. The van der Waals surface area contributed by atoms with E-state index >= 15 is 0 Å². The van der Waals surface area contributed by atoms with E-state index in [2.05, 4.69) is 27.1 Å². The van der Waals surface area contributed by atoms with E-state index in [1.165, 1.54) is 5.56 Å². The molecule has 0 spiro atoms. The minimum Gasteiger partial charge on any atom is -0.359 e. The molecule has 6 nitrogen and oxygen atoms in total. The summed E-state index contributed by atoms with van der Waals surface area (Å²) in [5.74, 6) is 0. The first-order chi connectivity index (χ1) is 9.33. The standard InChI is InChI=1S/C13H18N4O2/c1-18-10-19-13-9-17(8-12(13)15-16-14)7-11-5-3-2-4-6-11/h2-6,12-13H,7-10H2,1H3/t12-,13-/m1/s1. The van der Waals surface area contributed by atoms with Crippen molar-refractivity contribution in [2.75, 3.05) is 27.0 Å². The van der Waals surface area contributed by atoms with Crippen LogP contribution in [0.5, 0.6) is 0 Å². The average Bonchev–Trinajstić information content (AvgIpc) is 2.80. The van der Waals surface area contributed by atoms with Crippen LogP contribution >= 0.6 is 0 Å². The highest BCUT2D eigenvalue weighted by atomic mass is 16.7. The maximum Gasteiger partial charge on any atom is 0.146 e. The minimum atomic E-state index is -0.149. The Bertz CT molecular complexity index is 434. The number of benzene rings is 1. The fraction of sp³-hybridized carbons (Fsp3) is 0.538. The van der Waals surface area contributed by atoms with Crippen LogP contribution in [0.4, 0.5) is 0 Å². The molecule has 2 rings (SSSR count). The van der Waals surface area contributed by atoms with Gasteiger partial charge in [-0.15, -0.1) is 0 Å². The number of azide groups is 1. The van der Waals surface area contributed by atoms with Gasteiger partial charge in [-0.1, -0.05) is 35.4 Å². The molecular weight excluding hydrogens is 244 g/mol. The van der Waals surface area contributed by atoms with Crippen LogP contribution in [0.15, 0.2) is 35.4 Å². The molecule has 1 aromatic carbocycles.